The second-order valence-electron chi connectivity index (χ2n) is 4.06. The molecule has 0 fully saturated rings. The molecule has 0 radical (unpaired) electrons. The maximum Gasteiger partial charge on any atom is 0.414 e. The number of nitrogens with one attached hydrogen (secondary N) is 2. The number of urea groups is 1. The lowest BCUT2D eigenvalue weighted by molar-refractivity contribution is -0.192. The van der Waals surface area contributed by atoms with Crippen LogP contribution in [0, 0.1) is 5.92 Å². The number of primary amides is 1. The zero-order valence-electron chi connectivity index (χ0n) is 10.0. The Kier molecular flexibility index (Phi) is 6.45. The zero-order valence-corrected chi connectivity index (χ0v) is 10.0. The van der Waals surface area contributed by atoms with Gasteiger partial charge in [0.15, 0.2) is 6.61 Å². The molecule has 1 atom stereocenters. The summed E-state index contributed by atoms with van der Waals surface area (Å²) in [4.78, 5) is 26.1. The quantitative estimate of drug-likeness (QED) is 0.620. The monoisotopic (exact) mass is 271 g/mol. The summed E-state index contributed by atoms with van der Waals surface area (Å²) in [6.45, 7) is 1.95. The Hall–Kier alpha value is -1.51. The molecule has 0 saturated carbocycles. The highest BCUT2D eigenvalue weighted by Gasteiger charge is 2.29. The van der Waals surface area contributed by atoms with Crippen molar-refractivity contribution in [1.82, 2.24) is 10.8 Å². The van der Waals surface area contributed by atoms with Gasteiger partial charge in [-0.05, 0) is 12.3 Å². The maximum atomic E-state index is 11.8. The number of amides is 3. The molecule has 0 aliphatic rings. The van der Waals surface area contributed by atoms with Crippen LogP contribution < -0.4 is 16.5 Å². The van der Waals surface area contributed by atoms with Crippen molar-refractivity contribution >= 4 is 11.9 Å². The molecule has 0 rings (SSSR count). The van der Waals surface area contributed by atoms with Gasteiger partial charge in [0.1, 0.15) is 6.04 Å². The Bertz CT molecular complexity index is 295. The lowest BCUT2D eigenvalue weighted by atomic mass is 10.0. The summed E-state index contributed by atoms with van der Waals surface area (Å²) in [5.74, 6) is -0.845. The summed E-state index contributed by atoms with van der Waals surface area (Å²) in [7, 11) is 0. The van der Waals surface area contributed by atoms with E-state index in [4.69, 9.17) is 5.73 Å². The highest BCUT2D eigenvalue weighted by Crippen LogP contribution is 2.13. The number of alkyl halides is 3. The van der Waals surface area contributed by atoms with Crippen LogP contribution >= 0.6 is 0 Å². The molecule has 18 heavy (non-hydrogen) atoms. The van der Waals surface area contributed by atoms with Crippen LogP contribution in [-0.2, 0) is 9.63 Å². The molecule has 0 aliphatic carbocycles. The molecular formula is C9H16F3N3O3. The first-order chi connectivity index (χ1) is 8.11. The number of halogens is 3. The average molecular weight is 271 g/mol. The van der Waals surface area contributed by atoms with Gasteiger partial charge in [0.25, 0.3) is 5.91 Å². The van der Waals surface area contributed by atoms with Gasteiger partial charge in [-0.25, -0.2) is 10.3 Å². The van der Waals surface area contributed by atoms with Crippen molar-refractivity contribution < 1.29 is 27.6 Å². The third-order valence-corrected chi connectivity index (χ3v) is 1.75. The Morgan fingerprint density at radius 3 is 2.28 bits per heavy atom. The van der Waals surface area contributed by atoms with Crippen molar-refractivity contribution in [3.63, 3.8) is 0 Å². The van der Waals surface area contributed by atoms with Gasteiger partial charge in [0, 0.05) is 0 Å². The van der Waals surface area contributed by atoms with E-state index in [0.29, 0.717) is 0 Å². The fourth-order valence-electron chi connectivity index (χ4n) is 1.13. The lowest BCUT2D eigenvalue weighted by Gasteiger charge is -2.18. The van der Waals surface area contributed by atoms with E-state index in [1.165, 1.54) is 0 Å². The Balaban J connectivity index is 4.25. The topological polar surface area (TPSA) is 93.5 Å². The molecule has 0 spiro atoms. The van der Waals surface area contributed by atoms with E-state index in [1.54, 1.807) is 19.3 Å². The smallest absolute Gasteiger partial charge is 0.352 e. The van der Waals surface area contributed by atoms with E-state index in [9.17, 15) is 22.8 Å². The molecule has 6 nitrogen and oxygen atoms in total. The van der Waals surface area contributed by atoms with Crippen LogP contribution in [0.15, 0.2) is 0 Å². The third-order valence-electron chi connectivity index (χ3n) is 1.75. The van der Waals surface area contributed by atoms with Crippen LogP contribution in [0.3, 0.4) is 0 Å². The van der Waals surface area contributed by atoms with Crippen LogP contribution in [0.5, 0.6) is 0 Å². The Labute approximate surface area is 102 Å². The Morgan fingerprint density at radius 2 is 1.89 bits per heavy atom. The average Bonchev–Trinajstić information content (AvgIpc) is 2.12. The Morgan fingerprint density at radius 1 is 1.33 bits per heavy atom. The van der Waals surface area contributed by atoms with Crippen molar-refractivity contribution in [2.24, 2.45) is 11.7 Å². The van der Waals surface area contributed by atoms with Gasteiger partial charge in [-0.3, -0.25) is 9.63 Å². The second-order valence-corrected chi connectivity index (χ2v) is 4.06. The minimum Gasteiger partial charge on any atom is -0.352 e. The molecule has 9 heteroatoms. The lowest BCUT2D eigenvalue weighted by Crippen LogP contribution is -2.49. The van der Waals surface area contributed by atoms with E-state index in [0.717, 1.165) is 0 Å². The number of nitrogens with two attached hydrogens (primary N) is 1. The predicted octanol–water partition coefficient (Wildman–Crippen LogP) is 0.680. The molecule has 0 aromatic carbocycles. The van der Waals surface area contributed by atoms with E-state index in [1.807, 2.05) is 0 Å². The number of rotatable bonds is 6. The number of hydrogen-bond acceptors (Lipinski definition) is 3. The molecule has 106 valence electrons. The van der Waals surface area contributed by atoms with Gasteiger partial charge in [-0.15, -0.1) is 0 Å². The van der Waals surface area contributed by atoms with E-state index in [-0.39, 0.29) is 12.3 Å². The molecule has 0 saturated heterocycles. The fourth-order valence-corrected chi connectivity index (χ4v) is 1.13. The minimum absolute atomic E-state index is 0.0372. The van der Waals surface area contributed by atoms with Crippen molar-refractivity contribution in [2.45, 2.75) is 32.5 Å². The predicted molar refractivity (Wildman–Crippen MR) is 56.1 cm³/mol. The van der Waals surface area contributed by atoms with E-state index >= 15 is 0 Å². The van der Waals surface area contributed by atoms with Crippen LogP contribution in [0.2, 0.25) is 0 Å². The molecular weight excluding hydrogens is 255 g/mol. The number of hydroxylamine groups is 1. The number of carbonyl (C=O) groups excluding carboxylic acids is 2. The van der Waals surface area contributed by atoms with Gasteiger partial charge < -0.3 is 11.1 Å². The largest absolute Gasteiger partial charge is 0.414 e. The van der Waals surface area contributed by atoms with Crippen LogP contribution in [0.4, 0.5) is 18.0 Å². The summed E-state index contributed by atoms with van der Waals surface area (Å²) < 4.78 is 35.3. The van der Waals surface area contributed by atoms with Crippen LogP contribution in [0.25, 0.3) is 0 Å². The summed E-state index contributed by atoms with van der Waals surface area (Å²) in [6.07, 6.45) is -4.32. The molecule has 0 aromatic rings. The standard InChI is InChI=1S/C9H16F3N3O3/c1-5(2)3-6(14-8(13)17)7(16)15-18-4-9(10,11)12/h5-6H,3-4H2,1-2H3,(H,15,16)(H3,13,14,17). The first-order valence-corrected chi connectivity index (χ1v) is 5.16. The summed E-state index contributed by atoms with van der Waals surface area (Å²) in [5, 5.41) is 2.12. The molecule has 0 bridgehead atoms. The van der Waals surface area contributed by atoms with Gasteiger partial charge >= 0.3 is 12.2 Å². The summed E-state index contributed by atoms with van der Waals surface area (Å²) in [5.41, 5.74) is 6.47. The summed E-state index contributed by atoms with van der Waals surface area (Å²) in [6, 6.07) is -1.97. The van der Waals surface area contributed by atoms with Crippen LogP contribution in [0.1, 0.15) is 20.3 Å². The van der Waals surface area contributed by atoms with Gasteiger partial charge in [-0.1, -0.05) is 13.8 Å². The first-order valence-electron chi connectivity index (χ1n) is 5.16. The van der Waals surface area contributed by atoms with Gasteiger partial charge in [-0.2, -0.15) is 13.2 Å². The molecule has 0 aromatic heterocycles. The molecule has 1 unspecified atom stereocenters. The fraction of sp³-hybridized carbons (Fsp3) is 0.778. The van der Waals surface area contributed by atoms with E-state index in [2.05, 4.69) is 10.2 Å². The van der Waals surface area contributed by atoms with Gasteiger partial charge in [0.05, 0.1) is 0 Å². The van der Waals surface area contributed by atoms with Crippen molar-refractivity contribution in [1.29, 1.82) is 0 Å². The highest BCUT2D eigenvalue weighted by molar-refractivity contribution is 5.85. The third kappa shape index (κ3) is 8.62. The minimum atomic E-state index is -4.54. The molecule has 3 amide bonds. The van der Waals surface area contributed by atoms with E-state index < -0.39 is 30.8 Å². The van der Waals surface area contributed by atoms with Crippen molar-refractivity contribution in [3.05, 3.63) is 0 Å². The zero-order chi connectivity index (χ0) is 14.3. The number of carbonyl (C=O) groups is 2. The van der Waals surface area contributed by atoms with Crippen molar-refractivity contribution in [3.8, 4) is 0 Å². The van der Waals surface area contributed by atoms with Gasteiger partial charge in [0.2, 0.25) is 0 Å². The molecule has 0 heterocycles. The normalized spacial score (nSPS) is 13.2. The summed E-state index contributed by atoms with van der Waals surface area (Å²) >= 11 is 0. The maximum absolute atomic E-state index is 11.8. The SMILES string of the molecule is CC(C)CC(NC(N)=O)C(=O)NOCC(F)(F)F. The second kappa shape index (κ2) is 7.04. The molecule has 0 aliphatic heterocycles. The number of hydrogen-bond donors (Lipinski definition) is 3. The highest BCUT2D eigenvalue weighted by atomic mass is 19.4. The van der Waals surface area contributed by atoms with Crippen molar-refractivity contribution in [2.75, 3.05) is 6.61 Å². The van der Waals surface area contributed by atoms with Crippen LogP contribution in [-0.4, -0.2) is 30.8 Å². The molecule has 4 N–H and O–H groups in total. The first kappa shape index (κ1) is 16.5.